The first kappa shape index (κ1) is 19.1. The quantitative estimate of drug-likeness (QED) is 0.757. The average Bonchev–Trinajstić information content (AvgIpc) is 2.85. The van der Waals surface area contributed by atoms with Gasteiger partial charge in [0.25, 0.3) is 0 Å². The minimum atomic E-state index is -0.144. The highest BCUT2D eigenvalue weighted by Gasteiger charge is 2.14. The number of hydrogen-bond donors (Lipinski definition) is 1. The SMILES string of the molecule is COc1cc(OC)c(OC)cc1CNC(=O)Cn1nc(C)c(Br)c1C. The number of halogens is 1. The Balaban J connectivity index is 2.09. The summed E-state index contributed by atoms with van der Waals surface area (Å²) >= 11 is 3.46. The van der Waals surface area contributed by atoms with Gasteiger partial charge >= 0.3 is 0 Å². The van der Waals surface area contributed by atoms with Gasteiger partial charge in [-0.05, 0) is 35.8 Å². The van der Waals surface area contributed by atoms with Gasteiger partial charge in [-0.15, -0.1) is 0 Å². The predicted molar refractivity (Wildman–Crippen MR) is 97.3 cm³/mol. The number of amides is 1. The van der Waals surface area contributed by atoms with E-state index in [0.29, 0.717) is 23.8 Å². The first-order valence-corrected chi connectivity index (χ1v) is 8.45. The lowest BCUT2D eigenvalue weighted by atomic mass is 10.1. The van der Waals surface area contributed by atoms with E-state index in [4.69, 9.17) is 14.2 Å². The van der Waals surface area contributed by atoms with Crippen LogP contribution in [0.25, 0.3) is 0 Å². The summed E-state index contributed by atoms with van der Waals surface area (Å²) in [6.45, 7) is 4.26. The van der Waals surface area contributed by atoms with Crippen molar-refractivity contribution in [1.29, 1.82) is 0 Å². The Kier molecular flexibility index (Phi) is 6.30. The van der Waals surface area contributed by atoms with Crippen LogP contribution in [0.4, 0.5) is 0 Å². The summed E-state index contributed by atoms with van der Waals surface area (Å²) < 4.78 is 18.5. The first-order valence-electron chi connectivity index (χ1n) is 7.66. The molecule has 1 heterocycles. The second-order valence-corrected chi connectivity index (χ2v) is 6.23. The molecule has 0 saturated carbocycles. The highest BCUT2D eigenvalue weighted by Crippen LogP contribution is 2.34. The van der Waals surface area contributed by atoms with Crippen LogP contribution in [0.2, 0.25) is 0 Å². The first-order chi connectivity index (χ1) is 11.9. The third-order valence-electron chi connectivity index (χ3n) is 3.85. The van der Waals surface area contributed by atoms with Crippen LogP contribution >= 0.6 is 15.9 Å². The number of carbonyl (C=O) groups is 1. The number of nitrogens with zero attached hydrogens (tertiary/aromatic N) is 2. The van der Waals surface area contributed by atoms with Crippen molar-refractivity contribution in [3.8, 4) is 17.2 Å². The van der Waals surface area contributed by atoms with Crippen LogP contribution < -0.4 is 19.5 Å². The minimum absolute atomic E-state index is 0.144. The fourth-order valence-electron chi connectivity index (χ4n) is 2.45. The predicted octanol–water partition coefficient (Wildman–Crippen LogP) is 2.60. The lowest BCUT2D eigenvalue weighted by Gasteiger charge is -2.14. The van der Waals surface area contributed by atoms with Gasteiger partial charge in [0.1, 0.15) is 12.3 Å². The number of nitrogens with one attached hydrogen (secondary N) is 1. The molecular formula is C17H22BrN3O4. The Hall–Kier alpha value is -2.22. The highest BCUT2D eigenvalue weighted by atomic mass is 79.9. The molecule has 1 aromatic carbocycles. The molecule has 8 heteroatoms. The van der Waals surface area contributed by atoms with Gasteiger partial charge in [-0.25, -0.2) is 0 Å². The topological polar surface area (TPSA) is 74.6 Å². The maximum absolute atomic E-state index is 12.3. The molecular weight excluding hydrogens is 390 g/mol. The largest absolute Gasteiger partial charge is 0.496 e. The number of carbonyl (C=O) groups excluding carboxylic acids is 1. The third kappa shape index (κ3) is 4.25. The van der Waals surface area contributed by atoms with E-state index in [9.17, 15) is 4.79 Å². The lowest BCUT2D eigenvalue weighted by molar-refractivity contribution is -0.122. The maximum atomic E-state index is 12.3. The van der Waals surface area contributed by atoms with Gasteiger partial charge in [-0.1, -0.05) is 0 Å². The van der Waals surface area contributed by atoms with Crippen molar-refractivity contribution in [2.24, 2.45) is 0 Å². The van der Waals surface area contributed by atoms with Gasteiger partial charge in [0.05, 0.1) is 37.2 Å². The fourth-order valence-corrected chi connectivity index (χ4v) is 2.73. The van der Waals surface area contributed by atoms with Crippen LogP contribution in [0.5, 0.6) is 17.2 Å². The summed E-state index contributed by atoms with van der Waals surface area (Å²) in [6.07, 6.45) is 0. The van der Waals surface area contributed by atoms with Gasteiger partial charge in [0, 0.05) is 18.2 Å². The van der Waals surface area contributed by atoms with E-state index in [1.165, 1.54) is 0 Å². The van der Waals surface area contributed by atoms with Gasteiger partial charge in [-0.2, -0.15) is 5.10 Å². The zero-order valence-corrected chi connectivity index (χ0v) is 16.6. The average molecular weight is 412 g/mol. The smallest absolute Gasteiger partial charge is 0.242 e. The van der Waals surface area contributed by atoms with Crippen LogP contribution in [0.15, 0.2) is 16.6 Å². The van der Waals surface area contributed by atoms with Crippen molar-refractivity contribution in [3.05, 3.63) is 33.6 Å². The van der Waals surface area contributed by atoms with E-state index in [1.54, 1.807) is 38.1 Å². The van der Waals surface area contributed by atoms with Crippen molar-refractivity contribution in [1.82, 2.24) is 15.1 Å². The zero-order valence-electron chi connectivity index (χ0n) is 15.0. The third-order valence-corrected chi connectivity index (χ3v) is 5.00. The van der Waals surface area contributed by atoms with Gasteiger partial charge in [0.15, 0.2) is 11.5 Å². The molecule has 0 unspecified atom stereocenters. The Morgan fingerprint density at radius 3 is 2.24 bits per heavy atom. The Morgan fingerprint density at radius 2 is 1.72 bits per heavy atom. The molecule has 0 atom stereocenters. The fraction of sp³-hybridized carbons (Fsp3) is 0.412. The molecule has 0 bridgehead atoms. The molecule has 1 amide bonds. The van der Waals surface area contributed by atoms with E-state index in [1.807, 2.05) is 13.8 Å². The summed E-state index contributed by atoms with van der Waals surface area (Å²) in [6, 6.07) is 3.52. The van der Waals surface area contributed by atoms with Gasteiger partial charge in [0.2, 0.25) is 5.91 Å². The Labute approximate surface area is 155 Å². The number of ether oxygens (including phenoxy) is 3. The molecule has 1 N–H and O–H groups in total. The summed E-state index contributed by atoms with van der Waals surface area (Å²) in [7, 11) is 4.69. The summed E-state index contributed by atoms with van der Waals surface area (Å²) in [5, 5.41) is 7.21. The number of aromatic nitrogens is 2. The molecule has 0 aliphatic carbocycles. The molecule has 0 aliphatic rings. The number of hydrogen-bond acceptors (Lipinski definition) is 5. The van der Waals surface area contributed by atoms with Gasteiger partial charge in [-0.3, -0.25) is 9.48 Å². The number of benzene rings is 1. The van der Waals surface area contributed by atoms with Crippen LogP contribution in [0.1, 0.15) is 17.0 Å². The van der Waals surface area contributed by atoms with E-state index < -0.39 is 0 Å². The molecule has 2 rings (SSSR count). The monoisotopic (exact) mass is 411 g/mol. The summed E-state index contributed by atoms with van der Waals surface area (Å²) in [5.74, 6) is 1.62. The highest BCUT2D eigenvalue weighted by molar-refractivity contribution is 9.10. The number of methoxy groups -OCH3 is 3. The van der Waals surface area contributed by atoms with Crippen LogP contribution in [-0.2, 0) is 17.9 Å². The number of aryl methyl sites for hydroxylation is 1. The molecule has 0 saturated heterocycles. The van der Waals surface area contributed by atoms with Crippen molar-refractivity contribution in [2.45, 2.75) is 26.9 Å². The summed E-state index contributed by atoms with van der Waals surface area (Å²) in [4.78, 5) is 12.3. The Morgan fingerprint density at radius 1 is 1.12 bits per heavy atom. The molecule has 0 aliphatic heterocycles. The van der Waals surface area contributed by atoms with Crippen molar-refractivity contribution < 1.29 is 19.0 Å². The van der Waals surface area contributed by atoms with Crippen molar-refractivity contribution in [2.75, 3.05) is 21.3 Å². The zero-order chi connectivity index (χ0) is 18.6. The molecule has 0 spiro atoms. The summed E-state index contributed by atoms with van der Waals surface area (Å²) in [5.41, 5.74) is 2.56. The van der Waals surface area contributed by atoms with E-state index in [-0.39, 0.29) is 12.5 Å². The maximum Gasteiger partial charge on any atom is 0.242 e. The van der Waals surface area contributed by atoms with Crippen LogP contribution in [0, 0.1) is 13.8 Å². The minimum Gasteiger partial charge on any atom is -0.496 e. The normalized spacial score (nSPS) is 10.5. The second kappa shape index (κ2) is 8.24. The molecule has 136 valence electrons. The van der Waals surface area contributed by atoms with Gasteiger partial charge < -0.3 is 19.5 Å². The van der Waals surface area contributed by atoms with Crippen LogP contribution in [0.3, 0.4) is 0 Å². The second-order valence-electron chi connectivity index (χ2n) is 5.44. The lowest BCUT2D eigenvalue weighted by Crippen LogP contribution is -2.28. The molecule has 7 nitrogen and oxygen atoms in total. The Bertz CT molecular complexity index is 774. The molecule has 0 radical (unpaired) electrons. The van der Waals surface area contributed by atoms with Crippen molar-refractivity contribution in [3.63, 3.8) is 0 Å². The van der Waals surface area contributed by atoms with Crippen molar-refractivity contribution >= 4 is 21.8 Å². The van der Waals surface area contributed by atoms with E-state index in [2.05, 4.69) is 26.3 Å². The van der Waals surface area contributed by atoms with E-state index in [0.717, 1.165) is 21.4 Å². The number of rotatable bonds is 7. The van der Waals surface area contributed by atoms with Crippen LogP contribution in [-0.4, -0.2) is 37.0 Å². The molecule has 0 fully saturated rings. The molecule has 2 aromatic rings. The standard InChI is InChI=1S/C17H22BrN3O4/c1-10-17(18)11(2)21(20-10)9-16(22)19-8-12-6-14(24-4)15(25-5)7-13(12)23-3/h6-7H,8-9H2,1-5H3,(H,19,22). The molecule has 1 aromatic heterocycles. The van der Waals surface area contributed by atoms with E-state index >= 15 is 0 Å². The molecule has 25 heavy (non-hydrogen) atoms.